The van der Waals surface area contributed by atoms with E-state index >= 15 is 0 Å². The minimum Gasteiger partial charge on any atom is -0.480 e. The third-order valence-electron chi connectivity index (χ3n) is 5.62. The third kappa shape index (κ3) is 9.49. The first-order chi connectivity index (χ1) is 18.3. The van der Waals surface area contributed by atoms with Gasteiger partial charge in [0.15, 0.2) is 0 Å². The molecule has 3 aromatic rings. The van der Waals surface area contributed by atoms with Gasteiger partial charge in [-0.05, 0) is 35.4 Å². The second-order valence-corrected chi connectivity index (χ2v) is 8.60. The van der Waals surface area contributed by atoms with Crippen LogP contribution in [0.25, 0.3) is 0 Å². The Morgan fingerprint density at radius 2 is 0.895 bits per heavy atom. The number of hydrogen-bond donors (Lipinski definition) is 6. The summed E-state index contributed by atoms with van der Waals surface area (Å²) in [4.78, 5) is 47.9. The number of carboxylic acid groups (broad SMARTS) is 2. The van der Waals surface area contributed by atoms with E-state index in [1.54, 1.807) is 24.3 Å². The lowest BCUT2D eigenvalue weighted by molar-refractivity contribution is -0.141. The van der Waals surface area contributed by atoms with Gasteiger partial charge in [0.1, 0.15) is 12.1 Å². The molecule has 3 rings (SSSR count). The SMILES string of the molecule is O=C(CC(NCc1ccccc1)C(=O)O)Nc1ccc(NC(=O)CC(NCc2ccccc2)C(=O)O)cc1. The molecule has 0 fully saturated rings. The lowest BCUT2D eigenvalue weighted by Gasteiger charge is -2.15. The fourth-order valence-corrected chi connectivity index (χ4v) is 3.60. The molecule has 0 heterocycles. The van der Waals surface area contributed by atoms with E-state index in [1.807, 2.05) is 60.7 Å². The highest BCUT2D eigenvalue weighted by Crippen LogP contribution is 2.15. The standard InChI is InChI=1S/C28H30N4O6/c33-25(15-23(27(35)36)29-17-19-7-3-1-4-8-19)31-21-11-13-22(14-12-21)32-26(34)16-24(28(37)38)30-18-20-9-5-2-6-10-20/h1-14,23-24,29-30H,15-18H2,(H,31,33)(H,32,34)(H,35,36)(H,37,38). The first-order valence-electron chi connectivity index (χ1n) is 12.0. The van der Waals surface area contributed by atoms with Crippen LogP contribution in [0.15, 0.2) is 84.9 Å². The predicted molar refractivity (Wildman–Crippen MR) is 142 cm³/mol. The molecule has 0 saturated heterocycles. The number of carboxylic acids is 2. The molecule has 0 bridgehead atoms. The molecule has 0 aromatic heterocycles. The van der Waals surface area contributed by atoms with E-state index in [-0.39, 0.29) is 12.8 Å². The molecular formula is C28H30N4O6. The van der Waals surface area contributed by atoms with Crippen molar-refractivity contribution in [3.8, 4) is 0 Å². The lowest BCUT2D eigenvalue weighted by Crippen LogP contribution is -2.39. The smallest absolute Gasteiger partial charge is 0.321 e. The Balaban J connectivity index is 1.47. The highest BCUT2D eigenvalue weighted by molar-refractivity contribution is 5.96. The molecule has 0 aliphatic carbocycles. The summed E-state index contributed by atoms with van der Waals surface area (Å²) >= 11 is 0. The monoisotopic (exact) mass is 518 g/mol. The quantitative estimate of drug-likeness (QED) is 0.190. The number of carbonyl (C=O) groups excluding carboxylic acids is 2. The molecule has 0 aliphatic rings. The second-order valence-electron chi connectivity index (χ2n) is 8.60. The molecule has 0 saturated carbocycles. The number of aliphatic carboxylic acids is 2. The van der Waals surface area contributed by atoms with E-state index in [0.29, 0.717) is 24.5 Å². The van der Waals surface area contributed by atoms with Gasteiger partial charge >= 0.3 is 11.9 Å². The summed E-state index contributed by atoms with van der Waals surface area (Å²) < 4.78 is 0. The van der Waals surface area contributed by atoms with Crippen LogP contribution >= 0.6 is 0 Å². The van der Waals surface area contributed by atoms with Gasteiger partial charge in [0.05, 0.1) is 12.8 Å². The molecule has 2 amide bonds. The predicted octanol–water partition coefficient (Wildman–Crippen LogP) is 2.83. The summed E-state index contributed by atoms with van der Waals surface area (Å²) in [7, 11) is 0. The summed E-state index contributed by atoms with van der Waals surface area (Å²) in [5, 5.41) is 29.9. The van der Waals surface area contributed by atoms with E-state index in [2.05, 4.69) is 21.3 Å². The van der Waals surface area contributed by atoms with Crippen LogP contribution in [-0.4, -0.2) is 46.0 Å². The minimum absolute atomic E-state index is 0.271. The lowest BCUT2D eigenvalue weighted by atomic mass is 10.1. The molecule has 198 valence electrons. The number of rotatable bonds is 14. The molecule has 10 heteroatoms. The first kappa shape index (κ1) is 28.0. The largest absolute Gasteiger partial charge is 0.480 e. The zero-order chi connectivity index (χ0) is 27.3. The van der Waals surface area contributed by atoms with Crippen LogP contribution in [0.1, 0.15) is 24.0 Å². The Morgan fingerprint density at radius 1 is 0.553 bits per heavy atom. The van der Waals surface area contributed by atoms with Crippen molar-refractivity contribution >= 4 is 35.1 Å². The summed E-state index contributed by atoms with van der Waals surface area (Å²) in [6.07, 6.45) is -0.541. The Morgan fingerprint density at radius 3 is 1.21 bits per heavy atom. The summed E-state index contributed by atoms with van der Waals surface area (Å²) in [6.45, 7) is 0.619. The van der Waals surface area contributed by atoms with Gasteiger partial charge in [0.2, 0.25) is 11.8 Å². The number of benzene rings is 3. The molecule has 38 heavy (non-hydrogen) atoms. The average molecular weight is 519 g/mol. The maximum atomic E-state index is 12.4. The Labute approximate surface area is 220 Å². The number of nitrogens with one attached hydrogen (secondary N) is 4. The van der Waals surface area contributed by atoms with E-state index in [1.165, 1.54) is 0 Å². The van der Waals surface area contributed by atoms with Crippen molar-refractivity contribution in [2.75, 3.05) is 10.6 Å². The van der Waals surface area contributed by atoms with Crippen molar-refractivity contribution in [2.24, 2.45) is 0 Å². The van der Waals surface area contributed by atoms with E-state index in [9.17, 15) is 29.4 Å². The number of anilines is 2. The van der Waals surface area contributed by atoms with Crippen LogP contribution in [0, 0.1) is 0 Å². The Hall–Kier alpha value is -4.54. The Bertz CT molecular complexity index is 1120. The fourth-order valence-electron chi connectivity index (χ4n) is 3.60. The van der Waals surface area contributed by atoms with Gasteiger partial charge in [-0.3, -0.25) is 29.8 Å². The maximum absolute atomic E-state index is 12.4. The van der Waals surface area contributed by atoms with Gasteiger partial charge in [-0.25, -0.2) is 0 Å². The second kappa shape index (κ2) is 14.3. The maximum Gasteiger partial charge on any atom is 0.321 e. The fraction of sp³-hybridized carbons (Fsp3) is 0.214. The van der Waals surface area contributed by atoms with Crippen LogP contribution in [0.3, 0.4) is 0 Å². The zero-order valence-electron chi connectivity index (χ0n) is 20.6. The van der Waals surface area contributed by atoms with Gasteiger partial charge in [-0.1, -0.05) is 60.7 Å². The van der Waals surface area contributed by atoms with Gasteiger partial charge in [0, 0.05) is 24.5 Å². The Kier molecular flexibility index (Phi) is 10.5. The van der Waals surface area contributed by atoms with Crippen LogP contribution in [0.4, 0.5) is 11.4 Å². The van der Waals surface area contributed by atoms with Crippen molar-refractivity contribution in [1.29, 1.82) is 0 Å². The van der Waals surface area contributed by atoms with Gasteiger partial charge in [-0.2, -0.15) is 0 Å². The highest BCUT2D eigenvalue weighted by atomic mass is 16.4. The van der Waals surface area contributed by atoms with Gasteiger partial charge in [-0.15, -0.1) is 0 Å². The molecule has 3 aromatic carbocycles. The van der Waals surface area contributed by atoms with Gasteiger partial charge < -0.3 is 20.8 Å². The summed E-state index contributed by atoms with van der Waals surface area (Å²) in [5.41, 5.74) is 2.65. The average Bonchev–Trinajstić information content (AvgIpc) is 2.91. The zero-order valence-corrected chi connectivity index (χ0v) is 20.6. The van der Waals surface area contributed by atoms with Crippen LogP contribution in [-0.2, 0) is 32.3 Å². The van der Waals surface area contributed by atoms with Crippen LogP contribution < -0.4 is 21.3 Å². The molecule has 0 aliphatic heterocycles. The topological polar surface area (TPSA) is 157 Å². The van der Waals surface area contributed by atoms with Crippen molar-refractivity contribution in [2.45, 2.75) is 38.0 Å². The number of amides is 2. The first-order valence-corrected chi connectivity index (χ1v) is 12.0. The summed E-state index contributed by atoms with van der Waals surface area (Å²) in [6, 6.07) is 22.6. The number of hydrogen-bond acceptors (Lipinski definition) is 6. The number of carbonyl (C=O) groups is 4. The van der Waals surface area contributed by atoms with Crippen molar-refractivity contribution in [3.05, 3.63) is 96.1 Å². The van der Waals surface area contributed by atoms with Crippen molar-refractivity contribution < 1.29 is 29.4 Å². The third-order valence-corrected chi connectivity index (χ3v) is 5.62. The van der Waals surface area contributed by atoms with Crippen molar-refractivity contribution in [1.82, 2.24) is 10.6 Å². The molecule has 10 nitrogen and oxygen atoms in total. The van der Waals surface area contributed by atoms with E-state index < -0.39 is 35.8 Å². The van der Waals surface area contributed by atoms with E-state index in [4.69, 9.17) is 0 Å². The molecule has 2 atom stereocenters. The molecule has 6 N–H and O–H groups in total. The van der Waals surface area contributed by atoms with Gasteiger partial charge in [0.25, 0.3) is 0 Å². The normalized spacial score (nSPS) is 12.2. The van der Waals surface area contributed by atoms with Crippen LogP contribution in [0.5, 0.6) is 0 Å². The van der Waals surface area contributed by atoms with Crippen LogP contribution in [0.2, 0.25) is 0 Å². The van der Waals surface area contributed by atoms with E-state index in [0.717, 1.165) is 11.1 Å². The summed E-state index contributed by atoms with van der Waals surface area (Å²) in [5.74, 6) is -3.23. The molecule has 2 unspecified atom stereocenters. The molecule has 0 radical (unpaired) electrons. The molecule has 0 spiro atoms. The van der Waals surface area contributed by atoms with Crippen molar-refractivity contribution in [3.63, 3.8) is 0 Å². The highest BCUT2D eigenvalue weighted by Gasteiger charge is 2.22. The molecular weight excluding hydrogens is 488 g/mol. The minimum atomic E-state index is -1.13.